The molecule has 0 atom stereocenters. The van der Waals surface area contributed by atoms with E-state index in [4.69, 9.17) is 19.4 Å². The first-order valence-corrected chi connectivity index (χ1v) is 7.30. The molecule has 0 bridgehead atoms. The summed E-state index contributed by atoms with van der Waals surface area (Å²) < 4.78 is 1.69. The molecule has 0 amide bonds. The molecule has 0 spiro atoms. The standard InChI is InChI=1S/C13H7BBrClN4O2/c1-5-2-3-17-9(15)8(5)20-11-6(12(21)19-13(20)22)4-7(14)10(16)18-11/h2-4H,1H3,(H,19,21,22). The molecule has 22 heavy (non-hydrogen) atoms. The molecule has 3 aromatic heterocycles. The maximum atomic E-state index is 12.3. The van der Waals surface area contributed by atoms with Gasteiger partial charge in [-0.15, -0.1) is 0 Å². The number of aryl methyl sites for hydroxylation is 1. The van der Waals surface area contributed by atoms with Gasteiger partial charge >= 0.3 is 5.69 Å². The summed E-state index contributed by atoms with van der Waals surface area (Å²) in [5, 5.41) is 0.181. The molecule has 3 rings (SSSR count). The molecule has 9 heteroatoms. The zero-order chi connectivity index (χ0) is 16.0. The molecule has 1 N–H and O–H groups in total. The monoisotopic (exact) mass is 376 g/mol. The maximum absolute atomic E-state index is 12.3. The number of pyridine rings is 2. The second kappa shape index (κ2) is 5.37. The fourth-order valence-electron chi connectivity index (χ4n) is 2.14. The first-order chi connectivity index (χ1) is 10.4. The molecule has 6 nitrogen and oxygen atoms in total. The van der Waals surface area contributed by atoms with Crippen LogP contribution in [0, 0.1) is 6.92 Å². The van der Waals surface area contributed by atoms with Gasteiger partial charge in [0.25, 0.3) is 5.56 Å². The van der Waals surface area contributed by atoms with Crippen molar-refractivity contribution in [2.45, 2.75) is 6.92 Å². The van der Waals surface area contributed by atoms with Crippen molar-refractivity contribution in [3.8, 4) is 5.69 Å². The average molecular weight is 377 g/mol. The second-order valence-corrected chi connectivity index (χ2v) is 5.71. The fraction of sp³-hybridized carbons (Fsp3) is 0.0769. The van der Waals surface area contributed by atoms with Gasteiger partial charge in [-0.25, -0.2) is 19.3 Å². The SMILES string of the molecule is [B]c1cc2c(=O)[nH]c(=O)n(-c3c(C)ccnc3Br)c2nc1Cl. The van der Waals surface area contributed by atoms with E-state index >= 15 is 0 Å². The van der Waals surface area contributed by atoms with Crippen LogP contribution in [0.15, 0.2) is 32.5 Å². The lowest BCUT2D eigenvalue weighted by Crippen LogP contribution is -2.31. The zero-order valence-electron chi connectivity index (χ0n) is 11.2. The largest absolute Gasteiger partial charge is 0.334 e. The molecule has 0 aliphatic carbocycles. The van der Waals surface area contributed by atoms with Gasteiger partial charge in [-0.2, -0.15) is 0 Å². The van der Waals surface area contributed by atoms with Crippen molar-refractivity contribution in [1.82, 2.24) is 19.5 Å². The van der Waals surface area contributed by atoms with Crippen LogP contribution >= 0.6 is 27.5 Å². The molecule has 0 saturated heterocycles. The van der Waals surface area contributed by atoms with Gasteiger partial charge in [-0.1, -0.05) is 17.1 Å². The summed E-state index contributed by atoms with van der Waals surface area (Å²) in [6.07, 6.45) is 1.60. The highest BCUT2D eigenvalue weighted by Gasteiger charge is 2.16. The molecule has 108 valence electrons. The number of nitrogens with one attached hydrogen (secondary N) is 1. The van der Waals surface area contributed by atoms with Gasteiger partial charge in [0, 0.05) is 6.20 Å². The Balaban J connectivity index is 2.58. The third-order valence-corrected chi connectivity index (χ3v) is 4.05. The third kappa shape index (κ3) is 2.28. The first kappa shape index (κ1) is 15.0. The Bertz CT molecular complexity index is 1010. The van der Waals surface area contributed by atoms with Gasteiger partial charge in [0.2, 0.25) is 0 Å². The predicted molar refractivity (Wildman–Crippen MR) is 88.6 cm³/mol. The van der Waals surface area contributed by atoms with Crippen molar-refractivity contribution in [3.05, 3.63) is 54.5 Å². The Hall–Kier alpha value is -1.93. The molecular weight excluding hydrogens is 370 g/mol. The number of nitrogens with zero attached hydrogens (tertiary/aromatic N) is 3. The van der Waals surface area contributed by atoms with Gasteiger partial charge in [-0.3, -0.25) is 9.78 Å². The minimum absolute atomic E-state index is 0.0175. The lowest BCUT2D eigenvalue weighted by molar-refractivity contribution is 0.905. The molecule has 0 saturated carbocycles. The third-order valence-electron chi connectivity index (χ3n) is 3.17. The van der Waals surface area contributed by atoms with Gasteiger partial charge < -0.3 is 0 Å². The highest BCUT2D eigenvalue weighted by molar-refractivity contribution is 9.10. The smallest absolute Gasteiger partial charge is 0.273 e. The maximum Gasteiger partial charge on any atom is 0.334 e. The van der Waals surface area contributed by atoms with Crippen LogP contribution in [0.5, 0.6) is 0 Å². The molecule has 0 unspecified atom stereocenters. The number of fused-ring (bicyclic) bond motifs is 1. The van der Waals surface area contributed by atoms with E-state index in [1.165, 1.54) is 10.6 Å². The lowest BCUT2D eigenvalue weighted by Gasteiger charge is -2.13. The van der Waals surface area contributed by atoms with Gasteiger partial charge in [0.1, 0.15) is 17.6 Å². The van der Waals surface area contributed by atoms with Crippen molar-refractivity contribution >= 4 is 51.9 Å². The van der Waals surface area contributed by atoms with Crippen LogP contribution in [0.1, 0.15) is 5.56 Å². The van der Waals surface area contributed by atoms with E-state index < -0.39 is 11.2 Å². The second-order valence-electron chi connectivity index (χ2n) is 4.60. The number of hydrogen-bond acceptors (Lipinski definition) is 4. The summed E-state index contributed by atoms with van der Waals surface area (Å²) in [6.45, 7) is 1.81. The summed E-state index contributed by atoms with van der Waals surface area (Å²) in [5.74, 6) is 0. The summed E-state index contributed by atoms with van der Waals surface area (Å²) >= 11 is 9.25. The van der Waals surface area contributed by atoms with Crippen molar-refractivity contribution in [2.75, 3.05) is 0 Å². The Labute approximate surface area is 138 Å². The molecule has 3 aromatic rings. The highest BCUT2D eigenvalue weighted by Crippen LogP contribution is 2.23. The lowest BCUT2D eigenvalue weighted by atomic mass is 9.98. The zero-order valence-corrected chi connectivity index (χ0v) is 13.6. The number of aromatic amines is 1. The van der Waals surface area contributed by atoms with Crippen LogP contribution in [0.25, 0.3) is 16.7 Å². The Morgan fingerprint density at radius 1 is 1.41 bits per heavy atom. The van der Waals surface area contributed by atoms with E-state index in [1.54, 1.807) is 12.3 Å². The van der Waals surface area contributed by atoms with E-state index in [0.29, 0.717) is 10.3 Å². The topological polar surface area (TPSA) is 80.6 Å². The minimum Gasteiger partial charge on any atom is -0.273 e. The number of H-pyrrole nitrogens is 1. The molecule has 0 aliphatic heterocycles. The van der Waals surface area contributed by atoms with E-state index in [9.17, 15) is 9.59 Å². The number of hydrogen-bond donors (Lipinski definition) is 1. The summed E-state index contributed by atoms with van der Waals surface area (Å²) in [6, 6.07) is 3.13. The molecular formula is C13H7BBrClN4O2. The van der Waals surface area contributed by atoms with E-state index in [0.717, 1.165) is 5.56 Å². The number of rotatable bonds is 1. The molecule has 2 radical (unpaired) electrons. The van der Waals surface area contributed by atoms with Crippen molar-refractivity contribution < 1.29 is 0 Å². The predicted octanol–water partition coefficient (Wildman–Crippen LogP) is 0.987. The molecule has 0 fully saturated rings. The van der Waals surface area contributed by atoms with E-state index in [1.807, 2.05) is 6.92 Å². The molecule has 3 heterocycles. The Morgan fingerprint density at radius 3 is 2.82 bits per heavy atom. The van der Waals surface area contributed by atoms with E-state index in [-0.39, 0.29) is 21.6 Å². The Kier molecular flexibility index (Phi) is 3.66. The summed E-state index contributed by atoms with van der Waals surface area (Å²) in [5.41, 5.74) is 0.304. The molecule has 0 aromatic carbocycles. The summed E-state index contributed by atoms with van der Waals surface area (Å²) in [7, 11) is 5.69. The molecule has 0 aliphatic rings. The van der Waals surface area contributed by atoms with Crippen LogP contribution in [-0.2, 0) is 0 Å². The number of aromatic nitrogens is 4. The fourth-order valence-corrected chi connectivity index (χ4v) is 2.89. The van der Waals surface area contributed by atoms with Gasteiger partial charge in [0.05, 0.1) is 11.1 Å². The quantitative estimate of drug-likeness (QED) is 0.507. The number of halogens is 2. The Morgan fingerprint density at radius 2 is 2.14 bits per heavy atom. The first-order valence-electron chi connectivity index (χ1n) is 6.12. The van der Waals surface area contributed by atoms with Crippen LogP contribution in [-0.4, -0.2) is 27.4 Å². The minimum atomic E-state index is -0.636. The van der Waals surface area contributed by atoms with Gasteiger partial charge in [0.15, 0.2) is 5.65 Å². The normalized spacial score (nSPS) is 11.0. The van der Waals surface area contributed by atoms with Crippen molar-refractivity contribution in [1.29, 1.82) is 0 Å². The van der Waals surface area contributed by atoms with Crippen LogP contribution in [0.4, 0.5) is 0 Å². The highest BCUT2D eigenvalue weighted by atomic mass is 79.9. The van der Waals surface area contributed by atoms with Crippen molar-refractivity contribution in [3.63, 3.8) is 0 Å². The van der Waals surface area contributed by atoms with Crippen LogP contribution < -0.4 is 16.7 Å². The van der Waals surface area contributed by atoms with Gasteiger partial charge in [-0.05, 0) is 40.5 Å². The van der Waals surface area contributed by atoms with Crippen LogP contribution in [0.3, 0.4) is 0 Å². The van der Waals surface area contributed by atoms with E-state index in [2.05, 4.69) is 30.9 Å². The summed E-state index contributed by atoms with van der Waals surface area (Å²) in [4.78, 5) is 34.7. The van der Waals surface area contributed by atoms with Crippen LogP contribution in [0.2, 0.25) is 5.15 Å². The average Bonchev–Trinajstić information content (AvgIpc) is 2.44. The van der Waals surface area contributed by atoms with Crippen molar-refractivity contribution in [2.24, 2.45) is 0 Å².